The predicted molar refractivity (Wildman–Crippen MR) is 451 cm³/mol. The van der Waals surface area contributed by atoms with Crippen LogP contribution in [0, 0.1) is 46.3 Å². The molecule has 2 aliphatic carbocycles. The molecule has 0 radical (unpaired) electrons. The molecule has 40 heteroatoms. The molecular weight excluding hydrogens is 1600 g/mol. The lowest BCUT2D eigenvalue weighted by Gasteiger charge is -2.31. The zero-order valence-corrected chi connectivity index (χ0v) is 70.8. The number of H-pyrrole nitrogens is 1. The minimum absolute atomic E-state index is 0.00158. The number of amides is 14. The van der Waals surface area contributed by atoms with Crippen LogP contribution in [0.2, 0.25) is 0 Å². The number of nitrogens with one attached hydrogen (secondary N) is 17. The van der Waals surface area contributed by atoms with Gasteiger partial charge in [-0.25, -0.2) is 9.78 Å². The van der Waals surface area contributed by atoms with Crippen LogP contribution in [0.5, 0.6) is 0 Å². The van der Waals surface area contributed by atoms with E-state index in [9.17, 15) is 57.8 Å². The van der Waals surface area contributed by atoms with Gasteiger partial charge in [0.2, 0.25) is 82.7 Å². The summed E-state index contributed by atoms with van der Waals surface area (Å²) in [5, 5.41) is 64.1. The van der Waals surface area contributed by atoms with E-state index in [1.165, 1.54) is 22.3 Å². The summed E-state index contributed by atoms with van der Waals surface area (Å²) >= 11 is 0. The van der Waals surface area contributed by atoms with Gasteiger partial charge >= 0.3 is 5.97 Å². The Balaban J connectivity index is 1.07. The highest BCUT2D eigenvalue weighted by atomic mass is 33.1. The Morgan fingerprint density at radius 1 is 0.628 bits per heavy atom. The smallest absolute Gasteiger partial charge is 0.326 e. The predicted octanol–water partition coefficient (Wildman–Crippen LogP) is -0.926. The van der Waals surface area contributed by atoms with E-state index in [4.69, 9.17) is 22.3 Å². The molecule has 664 valence electrons. The van der Waals surface area contributed by atoms with Crippen molar-refractivity contribution in [1.29, 1.82) is 10.8 Å². The van der Waals surface area contributed by atoms with E-state index in [2.05, 4.69) is 96.2 Å². The molecule has 8 rings (SSSR count). The van der Waals surface area contributed by atoms with Gasteiger partial charge in [-0.05, 0) is 132 Å². The number of carbonyl (C=O) groups is 15. The number of hydrogen-bond acceptors (Lipinski definition) is 20. The summed E-state index contributed by atoms with van der Waals surface area (Å²) in [5.74, 6) is -5.07. The van der Waals surface area contributed by atoms with Gasteiger partial charge in [0.05, 0.1) is 18.6 Å². The van der Waals surface area contributed by atoms with E-state index in [1.54, 1.807) is 44.2 Å². The van der Waals surface area contributed by atoms with Gasteiger partial charge in [-0.3, -0.25) is 77.9 Å². The molecule has 5 fully saturated rings. The molecule has 0 spiro atoms. The highest BCUT2D eigenvalue weighted by Crippen LogP contribution is 2.54. The fourth-order valence-electron chi connectivity index (χ4n) is 15.9. The number of fused-ring (bicyclic) bond motifs is 2. The van der Waals surface area contributed by atoms with E-state index in [0.29, 0.717) is 81.2 Å². The molecule has 38 nitrogen and oxygen atoms in total. The number of carboxylic acid groups (broad SMARTS) is 1. The Labute approximate surface area is 712 Å². The zero-order valence-electron chi connectivity index (χ0n) is 69.2. The second kappa shape index (κ2) is 49.3. The van der Waals surface area contributed by atoms with E-state index < -0.39 is 162 Å². The van der Waals surface area contributed by atoms with Crippen LogP contribution in [0.1, 0.15) is 186 Å². The van der Waals surface area contributed by atoms with Crippen molar-refractivity contribution in [3.8, 4) is 11.8 Å². The first-order valence-electron chi connectivity index (χ1n) is 42.3. The van der Waals surface area contributed by atoms with Gasteiger partial charge in [-0.2, -0.15) is 0 Å². The Morgan fingerprint density at radius 2 is 1.26 bits per heavy atom. The van der Waals surface area contributed by atoms with Crippen LogP contribution in [0.4, 0.5) is 0 Å². The third kappa shape index (κ3) is 31.4. The number of carboxylic acids is 1. The van der Waals surface area contributed by atoms with Gasteiger partial charge in [0.25, 0.3) is 0 Å². The molecule has 1 aromatic heterocycles. The van der Waals surface area contributed by atoms with Crippen molar-refractivity contribution >= 4 is 122 Å². The van der Waals surface area contributed by atoms with Gasteiger partial charge < -0.3 is 106 Å². The average molecular weight is 1720 g/mol. The number of guanidine groups is 2. The molecule has 5 heterocycles. The van der Waals surface area contributed by atoms with E-state index in [1.807, 2.05) is 6.92 Å². The second-order valence-corrected chi connectivity index (χ2v) is 34.7. The number of nitrogens with zero attached hydrogens (tertiary/aromatic N) is 3. The number of imidazole rings is 1. The number of rotatable bonds is 38. The van der Waals surface area contributed by atoms with Crippen LogP contribution in [0.15, 0.2) is 42.9 Å². The Morgan fingerprint density at radius 3 is 1.92 bits per heavy atom. The van der Waals surface area contributed by atoms with Crippen molar-refractivity contribution in [2.45, 2.75) is 260 Å². The first kappa shape index (κ1) is 95.7. The lowest BCUT2D eigenvalue weighted by atomic mass is 10.0. The van der Waals surface area contributed by atoms with Crippen LogP contribution in [0.3, 0.4) is 0 Å². The molecule has 1 saturated carbocycles. The Bertz CT molecular complexity index is 3980. The van der Waals surface area contributed by atoms with Crippen molar-refractivity contribution in [2.24, 2.45) is 35.1 Å². The third-order valence-corrected chi connectivity index (χ3v) is 24.9. The number of carbonyl (C=O) groups excluding carboxylic acids is 14. The van der Waals surface area contributed by atoms with Gasteiger partial charge in [0.15, 0.2) is 11.9 Å². The van der Waals surface area contributed by atoms with Gasteiger partial charge in [0.1, 0.15) is 72.5 Å². The maximum Gasteiger partial charge on any atom is 0.326 e. The van der Waals surface area contributed by atoms with E-state index >= 15 is 19.2 Å². The minimum Gasteiger partial charge on any atom is -0.480 e. The third-order valence-electron chi connectivity index (χ3n) is 22.5. The fraction of sp³-hybridized carbons (Fsp3) is 0.654. The number of aromatic amines is 1. The molecule has 2 unspecified atom stereocenters. The topological polar surface area (TPSA) is 580 Å². The van der Waals surface area contributed by atoms with Crippen LogP contribution in [-0.2, 0) is 84.8 Å². The molecule has 0 bridgehead atoms. The standard InChI is InChI=1S/C81H122N22O16S2/c1-4-5-24-54-70(109)100-62(75(114)99-60(79(118)119)40-48-20-10-8-11-21-48)45-121-120-44-61(101-72(111)58(39-47(2)3)97-69(108)55(26-16-35-88-80(82)83)95-77(116)64-29-19-38-103(64)78(117)57(27-17-36-89-81(84)85)96-71(110)56-31-33-66(105)92-56)74(113)98-59(41-49-42-86-46-91-49)73(112)93-53(68(107)90-43-67(106)102-37-18-28-63(102)76(115)94-54)25-14-9-15-34-87-65(104)32-30-52-50-22-12-6-7-13-23-51(50)52/h8,10-11,20-21,42,46-47,50-64H,4-5,9,12-19,22-41,43-45H2,1-3H3,(H,86,91)(H,87,104)(H,90,107)(H,92,105)(H,93,112)(H,94,115)(H,95,116)(H,96,110)(H,97,108)(H,98,113)(H,99,114)(H,100,109)(H,101,111)(H,118,119)(H4,82,83,88)(H4,84,85,89)/t50?,51?,52?,53-,54-,55-,56-,57-,58-,59-,60-,61-,62-,63-,64-/m0/s1. The number of nitrogens with two attached hydrogens (primary N) is 2. The number of benzene rings is 1. The lowest BCUT2D eigenvalue weighted by Crippen LogP contribution is -2.61. The van der Waals surface area contributed by atoms with E-state index in [-0.39, 0.29) is 151 Å². The maximum absolute atomic E-state index is 15.4. The molecule has 6 aliphatic rings. The lowest BCUT2D eigenvalue weighted by molar-refractivity contribution is -0.142. The summed E-state index contributed by atoms with van der Waals surface area (Å²) in [5.41, 5.74) is 11.9. The van der Waals surface area contributed by atoms with E-state index in [0.717, 1.165) is 53.7 Å². The van der Waals surface area contributed by atoms with Gasteiger partial charge in [-0.1, -0.05) is 98.4 Å². The molecule has 4 saturated heterocycles. The van der Waals surface area contributed by atoms with Crippen molar-refractivity contribution in [2.75, 3.05) is 50.8 Å². The summed E-state index contributed by atoms with van der Waals surface area (Å²) in [6, 6.07) is -7.80. The quantitative estimate of drug-likeness (QED) is 0.0127. The van der Waals surface area contributed by atoms with Crippen molar-refractivity contribution < 1.29 is 77.0 Å². The summed E-state index contributed by atoms with van der Waals surface area (Å²) in [4.78, 5) is 224. The highest BCUT2D eigenvalue weighted by molar-refractivity contribution is 8.76. The van der Waals surface area contributed by atoms with Crippen LogP contribution in [0.25, 0.3) is 0 Å². The Kier molecular flexibility index (Phi) is 39.0. The summed E-state index contributed by atoms with van der Waals surface area (Å²) in [6.07, 6.45) is 11.2. The molecule has 1 aromatic carbocycles. The number of hydrogen-bond donors (Lipinski definition) is 20. The molecule has 14 atom stereocenters. The number of aromatic nitrogens is 2. The first-order chi connectivity index (χ1) is 58.1. The monoisotopic (exact) mass is 1720 g/mol. The van der Waals surface area contributed by atoms with Gasteiger partial charge in [0, 0.05) is 89.0 Å². The molecule has 14 amide bonds. The average Bonchev–Trinajstić information content (AvgIpc) is 1.62. The summed E-state index contributed by atoms with van der Waals surface area (Å²) in [7, 11) is 1.84. The molecule has 2 aromatic rings. The minimum atomic E-state index is -1.66. The number of unbranched alkanes of at least 4 members (excludes halogenated alkanes) is 3. The molecule has 22 N–H and O–H groups in total. The summed E-state index contributed by atoms with van der Waals surface area (Å²) < 4.78 is 0. The molecular formula is C81H122N22O16S2. The van der Waals surface area contributed by atoms with Crippen LogP contribution in [-0.4, -0.2) is 249 Å². The number of aliphatic carboxylic acids is 1. The maximum atomic E-state index is 15.4. The fourth-order valence-corrected chi connectivity index (χ4v) is 18.2. The first-order valence-corrected chi connectivity index (χ1v) is 44.8. The van der Waals surface area contributed by atoms with Crippen molar-refractivity contribution in [3.05, 3.63) is 54.1 Å². The SMILES string of the molecule is CCCC[C@@H]1NC(=O)[C@@H]2CCCN2C(=O)CNC(=O)[C@H](CCCCCNC(=O)CCC2C3CCC#CCCC32)NC(=O)[C@H](Cc2c[nH]cn2)NC(=O)[C@@H](NC(=O)[C@H](CC(C)C)NC(=O)[C@H](CCCNC(=N)N)NC(=O)[C@@H]2CCCN2C(=O)[C@H](CCCNC(=N)N)NC(=O)[C@@H]2CCC(=O)N2)CSSC[C@@H](C(=O)N[C@@H](Cc2ccccc2)C(=O)O)NC1=O. The Hall–Kier alpha value is -10.7. The highest BCUT2D eigenvalue weighted by Gasteiger charge is 2.49. The van der Waals surface area contributed by atoms with Gasteiger partial charge in [-0.15, -0.1) is 11.8 Å². The van der Waals surface area contributed by atoms with Crippen LogP contribution >= 0.6 is 21.6 Å². The number of likely N-dealkylation sites (tertiary alicyclic amines) is 1. The molecule has 121 heavy (non-hydrogen) atoms. The summed E-state index contributed by atoms with van der Waals surface area (Å²) in [6.45, 7) is 5.47. The molecule has 4 aliphatic heterocycles. The second-order valence-electron chi connectivity index (χ2n) is 32.1. The van der Waals surface area contributed by atoms with Crippen molar-refractivity contribution in [1.82, 2.24) is 94.2 Å². The zero-order chi connectivity index (χ0) is 87.5. The van der Waals surface area contributed by atoms with Crippen molar-refractivity contribution in [3.63, 3.8) is 0 Å². The normalized spacial score (nSPS) is 24.0. The van der Waals surface area contributed by atoms with Crippen LogP contribution < -0.4 is 85.9 Å². The largest absolute Gasteiger partial charge is 0.480 e.